The lowest BCUT2D eigenvalue weighted by Gasteiger charge is -2.34. The summed E-state index contributed by atoms with van der Waals surface area (Å²) in [5.41, 5.74) is 0.146. The Labute approximate surface area is 123 Å². The number of hydrogen-bond donors (Lipinski definition) is 0. The highest BCUT2D eigenvalue weighted by Gasteiger charge is 2.28. The topological polar surface area (TPSA) is 20.3 Å². The number of rotatable bonds is 1. The summed E-state index contributed by atoms with van der Waals surface area (Å²) >= 11 is 6.76. The van der Waals surface area contributed by atoms with E-state index in [1.807, 2.05) is 0 Å². The number of nitrogens with zero attached hydrogens (tertiary/aromatic N) is 1. The van der Waals surface area contributed by atoms with E-state index in [-0.39, 0.29) is 16.3 Å². The summed E-state index contributed by atoms with van der Waals surface area (Å²) in [7, 11) is 0. The highest BCUT2D eigenvalue weighted by molar-refractivity contribution is 9.10. The maximum atomic E-state index is 13.7. The number of carbonyl (C=O) groups excluding carboxylic acids is 1. The van der Waals surface area contributed by atoms with Crippen LogP contribution in [0.25, 0.3) is 0 Å². The summed E-state index contributed by atoms with van der Waals surface area (Å²) < 4.78 is 14.4. The Kier molecular flexibility index (Phi) is 4.43. The van der Waals surface area contributed by atoms with E-state index in [0.29, 0.717) is 23.5 Å². The molecule has 98 valence electrons. The smallest absolute Gasteiger partial charge is 0.256 e. The van der Waals surface area contributed by atoms with Crippen molar-refractivity contribution in [2.45, 2.75) is 18.2 Å². The van der Waals surface area contributed by atoms with Crippen LogP contribution in [0.3, 0.4) is 0 Å². The summed E-state index contributed by atoms with van der Waals surface area (Å²) in [6.45, 7) is 3.48. The van der Waals surface area contributed by atoms with Crippen molar-refractivity contribution in [3.63, 3.8) is 0 Å². The molecule has 2 atom stereocenters. The van der Waals surface area contributed by atoms with Crippen LogP contribution in [0.15, 0.2) is 22.7 Å². The van der Waals surface area contributed by atoms with Gasteiger partial charge in [-0.25, -0.2) is 4.39 Å². The average molecular weight is 379 g/mol. The molecule has 0 aromatic heterocycles. The first-order valence-corrected chi connectivity index (χ1v) is 7.58. The Balaban J connectivity index is 2.16. The fourth-order valence-electron chi connectivity index (χ4n) is 2.04. The van der Waals surface area contributed by atoms with E-state index in [9.17, 15) is 9.18 Å². The van der Waals surface area contributed by atoms with E-state index in [0.717, 1.165) is 6.42 Å². The van der Waals surface area contributed by atoms with Crippen LogP contribution in [0.2, 0.25) is 0 Å². The number of alkyl halides is 1. The molecule has 5 heteroatoms. The molecule has 0 spiro atoms. The Bertz CT molecular complexity index is 466. The molecule has 1 saturated heterocycles. The second-order valence-corrected chi connectivity index (χ2v) is 6.75. The van der Waals surface area contributed by atoms with E-state index in [4.69, 9.17) is 0 Å². The van der Waals surface area contributed by atoms with Crippen LogP contribution in [-0.2, 0) is 0 Å². The zero-order chi connectivity index (χ0) is 13.3. The predicted octanol–water partition coefficient (Wildman–Crippen LogP) is 3.83. The van der Waals surface area contributed by atoms with Crippen LogP contribution in [0, 0.1) is 11.7 Å². The van der Waals surface area contributed by atoms with Gasteiger partial charge >= 0.3 is 0 Å². The first-order chi connectivity index (χ1) is 8.49. The third kappa shape index (κ3) is 2.94. The van der Waals surface area contributed by atoms with Gasteiger partial charge in [0.25, 0.3) is 5.91 Å². The zero-order valence-electron chi connectivity index (χ0n) is 10.00. The van der Waals surface area contributed by atoms with Crippen molar-refractivity contribution in [2.75, 3.05) is 13.1 Å². The maximum Gasteiger partial charge on any atom is 0.256 e. The molecule has 0 saturated carbocycles. The van der Waals surface area contributed by atoms with Gasteiger partial charge in [-0.2, -0.15) is 0 Å². The molecule has 2 rings (SSSR count). The van der Waals surface area contributed by atoms with Crippen LogP contribution < -0.4 is 0 Å². The summed E-state index contributed by atoms with van der Waals surface area (Å²) in [5, 5.41) is 0. The quantitative estimate of drug-likeness (QED) is 0.680. The number of amides is 1. The van der Waals surface area contributed by atoms with Crippen molar-refractivity contribution >= 4 is 37.8 Å². The van der Waals surface area contributed by atoms with Crippen molar-refractivity contribution in [3.05, 3.63) is 34.1 Å². The van der Waals surface area contributed by atoms with Gasteiger partial charge < -0.3 is 4.90 Å². The van der Waals surface area contributed by atoms with Gasteiger partial charge in [0, 0.05) is 22.4 Å². The molecule has 0 radical (unpaired) electrons. The first kappa shape index (κ1) is 14.0. The lowest BCUT2D eigenvalue weighted by atomic mass is 9.98. The number of likely N-dealkylation sites (tertiary alicyclic amines) is 1. The molecule has 0 bridgehead atoms. The van der Waals surface area contributed by atoms with E-state index in [1.54, 1.807) is 11.0 Å². The van der Waals surface area contributed by atoms with Gasteiger partial charge in [-0.1, -0.05) is 38.8 Å². The third-order valence-corrected chi connectivity index (χ3v) is 5.00. The summed E-state index contributed by atoms with van der Waals surface area (Å²) in [5.74, 6) is -0.153. The number of halogens is 3. The van der Waals surface area contributed by atoms with Crippen LogP contribution in [-0.4, -0.2) is 28.7 Å². The highest BCUT2D eigenvalue weighted by Crippen LogP contribution is 2.25. The normalized spacial score (nSPS) is 24.1. The van der Waals surface area contributed by atoms with Crippen LogP contribution in [0.5, 0.6) is 0 Å². The maximum absolute atomic E-state index is 13.7. The Morgan fingerprint density at radius 3 is 2.83 bits per heavy atom. The zero-order valence-corrected chi connectivity index (χ0v) is 13.2. The minimum atomic E-state index is -0.473. The molecule has 1 aromatic carbocycles. The molecule has 2 nitrogen and oxygen atoms in total. The standard InChI is InChI=1S/C13H14Br2FNO/c1-8-4-5-17(7-11(8)15)13(18)10-3-2-9(14)6-12(10)16/h2-3,6,8,11H,4-5,7H2,1H3. The van der Waals surface area contributed by atoms with E-state index < -0.39 is 5.82 Å². The Hall–Kier alpha value is -0.420. The lowest BCUT2D eigenvalue weighted by Crippen LogP contribution is -2.43. The van der Waals surface area contributed by atoms with Gasteiger partial charge in [-0.3, -0.25) is 4.79 Å². The van der Waals surface area contributed by atoms with Gasteiger partial charge in [0.2, 0.25) is 0 Å². The van der Waals surface area contributed by atoms with Crippen molar-refractivity contribution in [1.29, 1.82) is 0 Å². The number of carbonyl (C=O) groups is 1. The third-order valence-electron chi connectivity index (χ3n) is 3.32. The van der Waals surface area contributed by atoms with Crippen LogP contribution in [0.1, 0.15) is 23.7 Å². The summed E-state index contributed by atoms with van der Waals surface area (Å²) in [6, 6.07) is 4.54. The molecule has 1 aliphatic heterocycles. The minimum Gasteiger partial charge on any atom is -0.337 e. The van der Waals surface area contributed by atoms with Crippen LogP contribution >= 0.6 is 31.9 Å². The van der Waals surface area contributed by atoms with Gasteiger partial charge in [0.05, 0.1) is 5.56 Å². The van der Waals surface area contributed by atoms with E-state index in [2.05, 4.69) is 38.8 Å². The lowest BCUT2D eigenvalue weighted by molar-refractivity contribution is 0.0701. The molecule has 1 heterocycles. The van der Waals surface area contributed by atoms with Crippen molar-refractivity contribution in [2.24, 2.45) is 5.92 Å². The molecule has 0 aliphatic carbocycles. The molecular formula is C13H14Br2FNO. The second-order valence-electron chi connectivity index (χ2n) is 4.66. The minimum absolute atomic E-state index is 0.146. The molecule has 1 aromatic rings. The van der Waals surface area contributed by atoms with E-state index >= 15 is 0 Å². The SMILES string of the molecule is CC1CCN(C(=O)c2ccc(Br)cc2F)CC1Br. The van der Waals surface area contributed by atoms with Crippen molar-refractivity contribution < 1.29 is 9.18 Å². The fraction of sp³-hybridized carbons (Fsp3) is 0.462. The second kappa shape index (κ2) is 5.70. The predicted molar refractivity (Wildman–Crippen MR) is 76.5 cm³/mol. The highest BCUT2D eigenvalue weighted by atomic mass is 79.9. The van der Waals surface area contributed by atoms with Crippen molar-refractivity contribution in [3.8, 4) is 0 Å². The fourth-order valence-corrected chi connectivity index (χ4v) is 2.99. The number of piperidine rings is 1. The Morgan fingerprint density at radius 1 is 1.50 bits per heavy atom. The van der Waals surface area contributed by atoms with Gasteiger partial charge in [-0.05, 0) is 30.5 Å². The first-order valence-electron chi connectivity index (χ1n) is 5.87. The summed E-state index contributed by atoms with van der Waals surface area (Å²) in [6.07, 6.45) is 0.944. The van der Waals surface area contributed by atoms with Crippen molar-refractivity contribution in [1.82, 2.24) is 4.90 Å². The largest absolute Gasteiger partial charge is 0.337 e. The molecular weight excluding hydrogens is 365 g/mol. The van der Waals surface area contributed by atoms with Gasteiger partial charge in [0.15, 0.2) is 0 Å². The number of benzene rings is 1. The molecule has 18 heavy (non-hydrogen) atoms. The summed E-state index contributed by atoms with van der Waals surface area (Å²) in [4.78, 5) is 14.2. The molecule has 1 aliphatic rings. The molecule has 0 N–H and O–H groups in total. The molecule has 1 amide bonds. The Morgan fingerprint density at radius 2 is 2.22 bits per heavy atom. The molecule has 2 unspecified atom stereocenters. The van der Waals surface area contributed by atoms with Gasteiger partial charge in [-0.15, -0.1) is 0 Å². The van der Waals surface area contributed by atoms with E-state index in [1.165, 1.54) is 12.1 Å². The number of hydrogen-bond acceptors (Lipinski definition) is 1. The monoisotopic (exact) mass is 377 g/mol. The van der Waals surface area contributed by atoms with Crippen LogP contribution in [0.4, 0.5) is 4.39 Å². The van der Waals surface area contributed by atoms with Gasteiger partial charge in [0.1, 0.15) is 5.82 Å². The average Bonchev–Trinajstić information content (AvgIpc) is 2.32. The molecule has 1 fully saturated rings.